The van der Waals surface area contributed by atoms with E-state index >= 15 is 0 Å². The van der Waals surface area contributed by atoms with Crippen LogP contribution in [0.25, 0.3) is 0 Å². The molecule has 104 valence electrons. The van der Waals surface area contributed by atoms with Crippen molar-refractivity contribution in [3.63, 3.8) is 0 Å². The zero-order valence-corrected chi connectivity index (χ0v) is 13.1. The summed E-state index contributed by atoms with van der Waals surface area (Å²) < 4.78 is 6.68. The first-order valence-corrected chi connectivity index (χ1v) is 7.69. The predicted octanol–water partition coefficient (Wildman–Crippen LogP) is 3.71. The van der Waals surface area contributed by atoms with Gasteiger partial charge in [-0.25, -0.2) is 0 Å². The molecule has 0 saturated carbocycles. The molecule has 3 heteroatoms. The van der Waals surface area contributed by atoms with E-state index in [1.807, 2.05) is 6.07 Å². The van der Waals surface area contributed by atoms with Crippen molar-refractivity contribution in [2.75, 3.05) is 7.11 Å². The summed E-state index contributed by atoms with van der Waals surface area (Å²) in [4.78, 5) is 0. The summed E-state index contributed by atoms with van der Waals surface area (Å²) in [7, 11) is 1.75. The van der Waals surface area contributed by atoms with Crippen LogP contribution in [0.4, 0.5) is 0 Å². The second-order valence-corrected chi connectivity index (χ2v) is 6.03. The van der Waals surface area contributed by atoms with Crippen molar-refractivity contribution >= 4 is 15.9 Å². The summed E-state index contributed by atoms with van der Waals surface area (Å²) in [5.74, 6) is 1.00. The second kappa shape index (κ2) is 5.98. The average Bonchev–Trinajstić information content (AvgIpc) is 2.49. The molecule has 2 aromatic rings. The molecule has 0 fully saturated rings. The number of ether oxygens (including phenoxy) is 1. The molecule has 1 unspecified atom stereocenters. The van der Waals surface area contributed by atoms with Crippen LogP contribution in [-0.4, -0.2) is 13.2 Å². The van der Waals surface area contributed by atoms with Crippen LogP contribution in [0.5, 0.6) is 5.75 Å². The summed E-state index contributed by atoms with van der Waals surface area (Å²) in [6.45, 7) is 0.893. The summed E-state index contributed by atoms with van der Waals surface area (Å²) >= 11 is 3.64. The fourth-order valence-corrected chi connectivity index (χ4v) is 3.37. The van der Waals surface area contributed by atoms with Gasteiger partial charge in [0.15, 0.2) is 0 Å². The Kier molecular flexibility index (Phi) is 4.08. The lowest BCUT2D eigenvalue weighted by Crippen LogP contribution is -2.37. The Balaban J connectivity index is 1.83. The van der Waals surface area contributed by atoms with E-state index in [0.29, 0.717) is 6.04 Å². The lowest BCUT2D eigenvalue weighted by Gasteiger charge is -2.28. The maximum Gasteiger partial charge on any atom is 0.122 e. The number of methoxy groups -OCH3 is 1. The molecule has 0 amide bonds. The van der Waals surface area contributed by atoms with Gasteiger partial charge < -0.3 is 10.1 Å². The zero-order valence-electron chi connectivity index (χ0n) is 11.5. The molecule has 0 aromatic heterocycles. The fourth-order valence-electron chi connectivity index (χ4n) is 2.86. The first kappa shape index (κ1) is 13.7. The fraction of sp³-hybridized carbons (Fsp3) is 0.294. The van der Waals surface area contributed by atoms with Crippen LogP contribution in [0.1, 0.15) is 16.7 Å². The molecule has 2 aromatic carbocycles. The SMILES string of the molecule is COc1ccc(Br)c2c1CC(Cc1ccccc1)NC2. The first-order chi connectivity index (χ1) is 9.78. The zero-order chi connectivity index (χ0) is 13.9. The highest BCUT2D eigenvalue weighted by atomic mass is 79.9. The number of halogens is 1. The van der Waals surface area contributed by atoms with Gasteiger partial charge in [-0.05, 0) is 36.1 Å². The van der Waals surface area contributed by atoms with Crippen molar-refractivity contribution in [1.82, 2.24) is 5.32 Å². The Morgan fingerprint density at radius 1 is 1.15 bits per heavy atom. The maximum atomic E-state index is 5.52. The number of rotatable bonds is 3. The Morgan fingerprint density at radius 2 is 1.95 bits per heavy atom. The normalized spacial score (nSPS) is 17.6. The van der Waals surface area contributed by atoms with E-state index in [-0.39, 0.29) is 0 Å². The third kappa shape index (κ3) is 2.74. The highest BCUT2D eigenvalue weighted by Crippen LogP contribution is 2.33. The lowest BCUT2D eigenvalue weighted by molar-refractivity contribution is 0.395. The van der Waals surface area contributed by atoms with Crippen LogP contribution in [0.3, 0.4) is 0 Å². The molecule has 1 atom stereocenters. The molecule has 1 heterocycles. The van der Waals surface area contributed by atoms with Gasteiger partial charge in [0.25, 0.3) is 0 Å². The molecule has 0 bridgehead atoms. The van der Waals surface area contributed by atoms with Gasteiger partial charge in [-0.2, -0.15) is 0 Å². The third-order valence-corrected chi connectivity index (χ3v) is 4.64. The molecule has 20 heavy (non-hydrogen) atoms. The van der Waals surface area contributed by atoms with E-state index in [9.17, 15) is 0 Å². The molecule has 1 N–H and O–H groups in total. The van der Waals surface area contributed by atoms with Crippen LogP contribution in [0.2, 0.25) is 0 Å². The van der Waals surface area contributed by atoms with Crippen LogP contribution < -0.4 is 10.1 Å². The third-order valence-electron chi connectivity index (χ3n) is 3.89. The Hall–Kier alpha value is -1.32. The van der Waals surface area contributed by atoms with Crippen LogP contribution in [0, 0.1) is 0 Å². The van der Waals surface area contributed by atoms with E-state index in [4.69, 9.17) is 4.74 Å². The molecule has 3 rings (SSSR count). The number of nitrogens with one attached hydrogen (secondary N) is 1. The quantitative estimate of drug-likeness (QED) is 0.925. The average molecular weight is 332 g/mol. The summed E-state index contributed by atoms with van der Waals surface area (Å²) in [6.07, 6.45) is 2.06. The molecule has 0 aliphatic carbocycles. The second-order valence-electron chi connectivity index (χ2n) is 5.18. The minimum Gasteiger partial charge on any atom is -0.496 e. The monoisotopic (exact) mass is 331 g/mol. The predicted molar refractivity (Wildman–Crippen MR) is 85.2 cm³/mol. The van der Waals surface area contributed by atoms with Crippen molar-refractivity contribution in [3.8, 4) is 5.75 Å². The summed E-state index contributed by atoms with van der Waals surface area (Å²) in [6, 6.07) is 15.2. The van der Waals surface area contributed by atoms with E-state index < -0.39 is 0 Å². The molecule has 2 nitrogen and oxygen atoms in total. The Morgan fingerprint density at radius 3 is 2.70 bits per heavy atom. The maximum absolute atomic E-state index is 5.52. The van der Waals surface area contributed by atoms with E-state index in [1.54, 1.807) is 7.11 Å². The number of benzene rings is 2. The van der Waals surface area contributed by atoms with Gasteiger partial charge >= 0.3 is 0 Å². The smallest absolute Gasteiger partial charge is 0.122 e. The summed E-state index contributed by atoms with van der Waals surface area (Å²) in [5, 5.41) is 3.63. The van der Waals surface area contributed by atoms with Gasteiger partial charge in [-0.15, -0.1) is 0 Å². The number of fused-ring (bicyclic) bond motifs is 1. The Labute approximate surface area is 128 Å². The molecule has 0 spiro atoms. The molecular formula is C17H18BrNO. The molecule has 0 saturated heterocycles. The first-order valence-electron chi connectivity index (χ1n) is 6.89. The highest BCUT2D eigenvalue weighted by Gasteiger charge is 2.23. The van der Waals surface area contributed by atoms with E-state index in [0.717, 1.165) is 25.1 Å². The molecule has 1 aliphatic rings. The number of hydrogen-bond acceptors (Lipinski definition) is 2. The van der Waals surface area contributed by atoms with Gasteiger partial charge in [0.2, 0.25) is 0 Å². The minimum atomic E-state index is 0.466. The van der Waals surface area contributed by atoms with Gasteiger partial charge in [0, 0.05) is 22.6 Å². The van der Waals surface area contributed by atoms with Crippen molar-refractivity contribution in [2.45, 2.75) is 25.4 Å². The summed E-state index contributed by atoms with van der Waals surface area (Å²) in [5.41, 5.74) is 4.04. The minimum absolute atomic E-state index is 0.466. The van der Waals surface area contributed by atoms with Crippen LogP contribution in [-0.2, 0) is 19.4 Å². The van der Waals surface area contributed by atoms with Crippen molar-refractivity contribution in [3.05, 3.63) is 63.6 Å². The topological polar surface area (TPSA) is 21.3 Å². The van der Waals surface area contributed by atoms with Gasteiger partial charge in [-0.3, -0.25) is 0 Å². The Bertz CT molecular complexity index is 597. The van der Waals surface area contributed by atoms with Gasteiger partial charge in [-0.1, -0.05) is 46.3 Å². The van der Waals surface area contributed by atoms with Crippen molar-refractivity contribution in [1.29, 1.82) is 0 Å². The van der Waals surface area contributed by atoms with E-state index in [2.05, 4.69) is 57.6 Å². The van der Waals surface area contributed by atoms with Gasteiger partial charge in [0.1, 0.15) is 5.75 Å². The number of hydrogen-bond donors (Lipinski definition) is 1. The highest BCUT2D eigenvalue weighted by molar-refractivity contribution is 9.10. The van der Waals surface area contributed by atoms with Crippen molar-refractivity contribution < 1.29 is 4.74 Å². The van der Waals surface area contributed by atoms with Crippen molar-refractivity contribution in [2.24, 2.45) is 0 Å². The standard InChI is InChI=1S/C17H18BrNO/c1-20-17-8-7-16(18)15-11-19-13(10-14(15)17)9-12-5-3-2-4-6-12/h2-8,13,19H,9-11H2,1H3. The lowest BCUT2D eigenvalue weighted by atomic mass is 9.91. The van der Waals surface area contributed by atoms with E-state index in [1.165, 1.54) is 21.2 Å². The molecular weight excluding hydrogens is 314 g/mol. The largest absolute Gasteiger partial charge is 0.496 e. The molecule has 1 aliphatic heterocycles. The molecule has 0 radical (unpaired) electrons. The van der Waals surface area contributed by atoms with Gasteiger partial charge in [0.05, 0.1) is 7.11 Å². The van der Waals surface area contributed by atoms with Crippen LogP contribution in [0.15, 0.2) is 46.9 Å². The van der Waals surface area contributed by atoms with Crippen LogP contribution >= 0.6 is 15.9 Å².